The second kappa shape index (κ2) is 12.8. The number of rotatable bonds is 14. The molecule has 0 fully saturated rings. The van der Waals surface area contributed by atoms with Crippen molar-refractivity contribution in [2.24, 2.45) is 0 Å². The number of ether oxygens (including phenoxy) is 1. The van der Waals surface area contributed by atoms with Crippen molar-refractivity contribution in [1.29, 1.82) is 0 Å². The fourth-order valence-corrected chi connectivity index (χ4v) is 5.68. The number of anilines is 1. The van der Waals surface area contributed by atoms with Crippen LogP contribution in [0.1, 0.15) is 38.0 Å². The minimum Gasteiger partial charge on any atom is -0.468 e. The Kier molecular flexibility index (Phi) is 9.44. The van der Waals surface area contributed by atoms with Gasteiger partial charge in [-0.25, -0.2) is 0 Å². The molecule has 0 bridgehead atoms. The number of oxazole rings is 1. The van der Waals surface area contributed by atoms with Gasteiger partial charge in [0.05, 0.1) is 23.3 Å². The topological polar surface area (TPSA) is 138 Å². The maximum atomic E-state index is 11.0. The quantitative estimate of drug-likeness (QED) is 0.125. The van der Waals surface area contributed by atoms with Crippen LogP contribution in [-0.2, 0) is 26.8 Å². The van der Waals surface area contributed by atoms with Crippen LogP contribution in [0.25, 0.3) is 17.2 Å². The van der Waals surface area contributed by atoms with Crippen LogP contribution in [-0.4, -0.2) is 50.2 Å². The van der Waals surface area contributed by atoms with Crippen LogP contribution < -0.4 is 14.2 Å². The Morgan fingerprint density at radius 2 is 1.56 bits per heavy atom. The van der Waals surface area contributed by atoms with E-state index in [0.29, 0.717) is 51.1 Å². The smallest absolute Gasteiger partial charge is 0.374 e. The van der Waals surface area contributed by atoms with Gasteiger partial charge in [0.1, 0.15) is 5.75 Å². The zero-order valence-electron chi connectivity index (χ0n) is 21.4. The molecule has 210 valence electrons. The largest absolute Gasteiger partial charge is 0.468 e. The van der Waals surface area contributed by atoms with E-state index in [-0.39, 0.29) is 17.7 Å². The highest BCUT2D eigenvalue weighted by molar-refractivity contribution is 7.86. The first-order valence-corrected chi connectivity index (χ1v) is 16.0. The van der Waals surface area contributed by atoms with Crippen molar-refractivity contribution in [1.82, 2.24) is 0 Å². The lowest BCUT2D eigenvalue weighted by molar-refractivity contribution is -0.678. The molecule has 2 N–H and O–H groups in total. The first-order chi connectivity index (χ1) is 18.6. The molecule has 0 aliphatic carbocycles. The number of allylic oxidation sites excluding steroid dienone is 2. The van der Waals surface area contributed by atoms with Crippen LogP contribution in [0.15, 0.2) is 71.2 Å². The van der Waals surface area contributed by atoms with Crippen LogP contribution in [0.4, 0.5) is 5.69 Å². The molecule has 0 saturated heterocycles. The predicted octanol–water partition coefficient (Wildman–Crippen LogP) is 4.24. The van der Waals surface area contributed by atoms with Gasteiger partial charge >= 0.3 is 5.89 Å². The third kappa shape index (κ3) is 8.40. The van der Waals surface area contributed by atoms with Crippen molar-refractivity contribution in [2.75, 3.05) is 23.0 Å². The molecule has 1 atom stereocenters. The lowest BCUT2D eigenvalue weighted by atomic mass is 10.2. The Morgan fingerprint density at radius 1 is 0.872 bits per heavy atom. The highest BCUT2D eigenvalue weighted by atomic mass is 32.2. The second-order valence-electron chi connectivity index (χ2n) is 9.30. The van der Waals surface area contributed by atoms with E-state index in [4.69, 9.17) is 18.3 Å². The van der Waals surface area contributed by atoms with Crippen LogP contribution in [0.2, 0.25) is 0 Å². The first-order valence-electron chi connectivity index (χ1n) is 12.8. The van der Waals surface area contributed by atoms with E-state index in [2.05, 4.69) is 4.90 Å². The van der Waals surface area contributed by atoms with Crippen LogP contribution >= 0.6 is 0 Å². The number of aromatic nitrogens is 1. The molecular weight excluding hydrogens is 544 g/mol. The number of aryl methyl sites for hydroxylation is 1. The van der Waals surface area contributed by atoms with Crippen molar-refractivity contribution in [3.05, 3.63) is 72.6 Å². The Bertz CT molecular complexity index is 1540. The molecule has 0 radical (unpaired) electrons. The number of fused-ring (bicyclic) bond motifs is 2. The highest BCUT2D eigenvalue weighted by Gasteiger charge is 2.29. The summed E-state index contributed by atoms with van der Waals surface area (Å²) in [4.78, 5) is 2.10. The average molecular weight is 578 g/mol. The van der Waals surface area contributed by atoms with Gasteiger partial charge in [0.2, 0.25) is 5.58 Å². The molecule has 4 rings (SSSR count). The fourth-order valence-electron chi connectivity index (χ4n) is 4.54. The maximum Gasteiger partial charge on any atom is 0.374 e. The molecule has 3 aromatic rings. The van der Waals surface area contributed by atoms with Gasteiger partial charge < -0.3 is 14.1 Å². The van der Waals surface area contributed by atoms with Crippen LogP contribution in [0.5, 0.6) is 5.75 Å². The van der Waals surface area contributed by atoms with E-state index in [0.717, 1.165) is 22.5 Å². The molecule has 0 spiro atoms. The SMILES string of the molecule is O=S(=O)(O)CCCCN1c2ccccc2OC1CC=CC=Cc1oc2ccccc2[n+]1CCCCS(=O)(=O)O. The van der Waals surface area contributed by atoms with E-state index in [9.17, 15) is 16.8 Å². The van der Waals surface area contributed by atoms with Crippen molar-refractivity contribution in [3.8, 4) is 5.75 Å². The lowest BCUT2D eigenvalue weighted by Crippen LogP contribution is -2.35. The van der Waals surface area contributed by atoms with E-state index < -0.39 is 20.2 Å². The average Bonchev–Trinajstić information content (AvgIpc) is 3.40. The lowest BCUT2D eigenvalue weighted by Gasteiger charge is -2.24. The normalized spacial score (nSPS) is 15.9. The molecule has 10 nitrogen and oxygen atoms in total. The van der Waals surface area contributed by atoms with E-state index in [1.165, 1.54) is 0 Å². The molecule has 0 amide bonds. The van der Waals surface area contributed by atoms with Crippen molar-refractivity contribution >= 4 is 43.1 Å². The van der Waals surface area contributed by atoms with Crippen LogP contribution in [0.3, 0.4) is 0 Å². The van der Waals surface area contributed by atoms with Gasteiger partial charge in [0.15, 0.2) is 12.8 Å². The third-order valence-electron chi connectivity index (χ3n) is 6.33. The fraction of sp³-hybridized carbons (Fsp3) is 0.370. The molecule has 2 heterocycles. The van der Waals surface area contributed by atoms with Crippen molar-refractivity contribution < 1.29 is 39.7 Å². The Morgan fingerprint density at radius 3 is 2.33 bits per heavy atom. The number of nitrogens with zero attached hydrogens (tertiary/aromatic N) is 2. The summed E-state index contributed by atoms with van der Waals surface area (Å²) in [5.41, 5.74) is 2.57. The summed E-state index contributed by atoms with van der Waals surface area (Å²) in [6.07, 6.45) is 9.79. The Labute approximate surface area is 228 Å². The van der Waals surface area contributed by atoms with Crippen molar-refractivity contribution in [3.63, 3.8) is 0 Å². The Balaban J connectivity index is 1.39. The zero-order chi connectivity index (χ0) is 27.9. The number of benzene rings is 2. The number of para-hydroxylation sites is 4. The molecule has 1 unspecified atom stereocenters. The van der Waals surface area contributed by atoms with Gasteiger partial charge in [0.25, 0.3) is 25.8 Å². The minimum atomic E-state index is -3.98. The van der Waals surface area contributed by atoms with Gasteiger partial charge in [0, 0.05) is 25.5 Å². The first kappa shape index (κ1) is 28.8. The summed E-state index contributed by atoms with van der Waals surface area (Å²) in [6, 6.07) is 15.3. The molecule has 2 aromatic carbocycles. The van der Waals surface area contributed by atoms with E-state index >= 15 is 0 Å². The van der Waals surface area contributed by atoms with Gasteiger partial charge in [-0.1, -0.05) is 42.5 Å². The predicted molar refractivity (Wildman–Crippen MR) is 149 cm³/mol. The standard InChI is InChI=1S/C27H32N2O8S2/c30-38(31,32)20-10-8-18-28-22-12-4-6-14-24(22)36-26(28)16-2-1-3-17-27-29(19-9-11-21-39(33,34)35)23-13-5-7-15-25(23)37-27/h1-7,12-16,27H,8-11,17-21H2,(H-,30,31,32,33,34,35)/p+1. The van der Waals surface area contributed by atoms with Crippen molar-refractivity contribution in [2.45, 2.75) is 44.9 Å². The van der Waals surface area contributed by atoms with Gasteiger partial charge in [-0.2, -0.15) is 21.4 Å². The summed E-state index contributed by atoms with van der Waals surface area (Å²) in [6.45, 7) is 1.13. The van der Waals surface area contributed by atoms with E-state index in [1.54, 1.807) is 0 Å². The number of hydrogen-bond acceptors (Lipinski definition) is 7. The maximum absolute atomic E-state index is 11.0. The van der Waals surface area contributed by atoms with Gasteiger partial charge in [-0.15, -0.1) is 0 Å². The summed E-state index contributed by atoms with van der Waals surface area (Å²) >= 11 is 0. The monoisotopic (exact) mass is 577 g/mol. The molecule has 12 heteroatoms. The second-order valence-corrected chi connectivity index (χ2v) is 12.4. The summed E-state index contributed by atoms with van der Waals surface area (Å²) in [7, 11) is -7.96. The molecular formula is C27H33N2O8S2+. The zero-order valence-corrected chi connectivity index (χ0v) is 23.1. The number of unbranched alkanes of at least 4 members (excludes halogenated alkanes) is 2. The molecule has 39 heavy (non-hydrogen) atoms. The highest BCUT2D eigenvalue weighted by Crippen LogP contribution is 2.38. The molecule has 1 aliphatic rings. The summed E-state index contributed by atoms with van der Waals surface area (Å²) in [5.74, 6) is 0.861. The van der Waals surface area contributed by atoms with Crippen LogP contribution in [0, 0.1) is 0 Å². The van der Waals surface area contributed by atoms with Gasteiger partial charge in [-0.3, -0.25) is 9.11 Å². The van der Waals surface area contributed by atoms with E-state index in [1.807, 2.05) is 77.4 Å². The third-order valence-corrected chi connectivity index (χ3v) is 7.94. The van der Waals surface area contributed by atoms with Gasteiger partial charge in [-0.05, 0) is 37.5 Å². The molecule has 0 saturated carbocycles. The molecule has 1 aliphatic heterocycles. The minimum absolute atomic E-state index is 0.239. The summed E-state index contributed by atoms with van der Waals surface area (Å²) in [5, 5.41) is 0. The Hall–Kier alpha value is -3.19. The summed E-state index contributed by atoms with van der Waals surface area (Å²) < 4.78 is 76.2. The molecule has 1 aromatic heterocycles. The number of hydrogen-bond donors (Lipinski definition) is 2.